The molecule has 0 radical (unpaired) electrons. The number of hydrogen-bond donors (Lipinski definition) is 2. The molecule has 0 spiro atoms. The van der Waals surface area contributed by atoms with Gasteiger partial charge in [0.1, 0.15) is 0 Å². The highest BCUT2D eigenvalue weighted by Gasteiger charge is 2.21. The number of hydrogen-bond acceptors (Lipinski definition) is 1. The third-order valence-corrected chi connectivity index (χ3v) is 2.89. The fraction of sp³-hybridized carbons (Fsp3) is 0.462. The van der Waals surface area contributed by atoms with Crippen LogP contribution in [0.15, 0.2) is 24.3 Å². The molecule has 0 aromatic heterocycles. The third kappa shape index (κ3) is 2.99. The fourth-order valence-electron chi connectivity index (χ4n) is 1.68. The molecule has 3 heteroatoms. The summed E-state index contributed by atoms with van der Waals surface area (Å²) in [7, 11) is 0. The molecule has 2 amide bonds. The summed E-state index contributed by atoms with van der Waals surface area (Å²) in [6.45, 7) is 2.89. The number of carbonyl (C=O) groups is 1. The normalized spacial score (nSPS) is 14.6. The minimum absolute atomic E-state index is 0.0900. The third-order valence-electron chi connectivity index (χ3n) is 2.89. The lowest BCUT2D eigenvalue weighted by Gasteiger charge is -2.10. The number of anilines is 1. The van der Waals surface area contributed by atoms with Gasteiger partial charge in [-0.3, -0.25) is 0 Å². The lowest BCUT2D eigenvalue weighted by atomic mass is 10.1. The minimum atomic E-state index is -0.0900. The quantitative estimate of drug-likeness (QED) is 0.801. The Balaban J connectivity index is 1.88. The molecule has 86 valence electrons. The molecule has 1 aromatic rings. The number of rotatable bonds is 4. The Hall–Kier alpha value is -1.51. The molecule has 1 saturated carbocycles. The van der Waals surface area contributed by atoms with E-state index in [-0.39, 0.29) is 6.03 Å². The molecule has 1 fully saturated rings. The molecule has 0 unspecified atom stereocenters. The summed E-state index contributed by atoms with van der Waals surface area (Å²) < 4.78 is 0. The number of nitrogens with one attached hydrogen (secondary N) is 2. The van der Waals surface area contributed by atoms with E-state index in [9.17, 15) is 4.79 Å². The Labute approximate surface area is 96.2 Å². The summed E-state index contributed by atoms with van der Waals surface area (Å²) in [5.41, 5.74) is 2.09. The maximum absolute atomic E-state index is 11.6. The lowest BCUT2D eigenvalue weighted by Crippen LogP contribution is -2.30. The van der Waals surface area contributed by atoms with Crippen molar-refractivity contribution in [1.29, 1.82) is 0 Å². The summed E-state index contributed by atoms with van der Waals surface area (Å²) in [6.07, 6.45) is 3.44. The molecule has 16 heavy (non-hydrogen) atoms. The van der Waals surface area contributed by atoms with E-state index in [1.807, 2.05) is 24.3 Å². The zero-order valence-corrected chi connectivity index (χ0v) is 9.62. The van der Waals surface area contributed by atoms with Crippen molar-refractivity contribution in [3.8, 4) is 0 Å². The maximum atomic E-state index is 11.6. The van der Waals surface area contributed by atoms with Crippen LogP contribution in [0.2, 0.25) is 0 Å². The Morgan fingerprint density at radius 1 is 1.38 bits per heavy atom. The molecule has 2 N–H and O–H groups in total. The number of amides is 2. The highest BCUT2D eigenvalue weighted by Crippen LogP contribution is 2.27. The molecule has 0 saturated heterocycles. The van der Waals surface area contributed by atoms with Crippen molar-refractivity contribution in [3.63, 3.8) is 0 Å². The van der Waals surface area contributed by atoms with E-state index in [1.165, 1.54) is 18.4 Å². The van der Waals surface area contributed by atoms with Crippen LogP contribution in [0, 0.1) is 5.92 Å². The van der Waals surface area contributed by atoms with Crippen molar-refractivity contribution in [2.24, 2.45) is 5.92 Å². The Kier molecular flexibility index (Phi) is 3.44. The van der Waals surface area contributed by atoms with Crippen molar-refractivity contribution in [2.45, 2.75) is 26.2 Å². The van der Waals surface area contributed by atoms with Crippen LogP contribution in [-0.4, -0.2) is 12.6 Å². The van der Waals surface area contributed by atoms with Gasteiger partial charge in [0.15, 0.2) is 0 Å². The Morgan fingerprint density at radius 2 is 2.12 bits per heavy atom. The van der Waals surface area contributed by atoms with E-state index in [4.69, 9.17) is 0 Å². The maximum Gasteiger partial charge on any atom is 0.319 e. The average Bonchev–Trinajstić information content (AvgIpc) is 3.11. The number of carbonyl (C=O) groups excluding carboxylic acids is 1. The van der Waals surface area contributed by atoms with E-state index < -0.39 is 0 Å². The second-order valence-electron chi connectivity index (χ2n) is 4.29. The van der Waals surface area contributed by atoms with Gasteiger partial charge in [0.25, 0.3) is 0 Å². The van der Waals surface area contributed by atoms with Crippen LogP contribution in [0.4, 0.5) is 10.5 Å². The zero-order chi connectivity index (χ0) is 11.4. The molecule has 2 rings (SSSR count). The van der Waals surface area contributed by atoms with Gasteiger partial charge in [0.2, 0.25) is 0 Å². The molecule has 3 nitrogen and oxygen atoms in total. The molecule has 0 heterocycles. The van der Waals surface area contributed by atoms with Crippen molar-refractivity contribution < 1.29 is 4.79 Å². The standard InChI is InChI=1S/C13H18N2O/c1-2-11-5-3-4-6-12(11)15-13(16)14-9-10-7-8-10/h3-6,10H,2,7-9H2,1H3,(H2,14,15,16). The fourth-order valence-corrected chi connectivity index (χ4v) is 1.68. The van der Waals surface area contributed by atoms with Crippen LogP contribution in [0.25, 0.3) is 0 Å². The first-order valence-corrected chi connectivity index (χ1v) is 5.92. The first-order chi connectivity index (χ1) is 7.79. The first kappa shape index (κ1) is 11.0. The predicted octanol–water partition coefficient (Wildman–Crippen LogP) is 2.78. The number of benzene rings is 1. The number of urea groups is 1. The van der Waals surface area contributed by atoms with Crippen molar-refractivity contribution in [3.05, 3.63) is 29.8 Å². The van der Waals surface area contributed by atoms with Gasteiger partial charge in [0, 0.05) is 12.2 Å². The Bertz CT molecular complexity index is 372. The highest BCUT2D eigenvalue weighted by molar-refractivity contribution is 5.90. The highest BCUT2D eigenvalue weighted by atomic mass is 16.2. The molecule has 1 aliphatic rings. The molecule has 1 aliphatic carbocycles. The zero-order valence-electron chi connectivity index (χ0n) is 9.62. The van der Waals surface area contributed by atoms with Crippen LogP contribution in [0.3, 0.4) is 0 Å². The molecule has 1 aromatic carbocycles. The minimum Gasteiger partial charge on any atom is -0.338 e. The summed E-state index contributed by atoms with van der Waals surface area (Å²) in [5.74, 6) is 0.715. The van der Waals surface area contributed by atoms with Crippen LogP contribution < -0.4 is 10.6 Å². The van der Waals surface area contributed by atoms with Gasteiger partial charge < -0.3 is 10.6 Å². The largest absolute Gasteiger partial charge is 0.338 e. The smallest absolute Gasteiger partial charge is 0.319 e. The van der Waals surface area contributed by atoms with Crippen molar-refractivity contribution >= 4 is 11.7 Å². The van der Waals surface area contributed by atoms with Crippen LogP contribution in [0.5, 0.6) is 0 Å². The molecule has 0 aliphatic heterocycles. The van der Waals surface area contributed by atoms with Gasteiger partial charge in [-0.1, -0.05) is 25.1 Å². The second kappa shape index (κ2) is 5.01. The molecule has 0 bridgehead atoms. The number of para-hydroxylation sites is 1. The monoisotopic (exact) mass is 218 g/mol. The summed E-state index contributed by atoms with van der Waals surface area (Å²) >= 11 is 0. The van der Waals surface area contributed by atoms with Crippen LogP contribution >= 0.6 is 0 Å². The summed E-state index contributed by atoms with van der Waals surface area (Å²) in [6, 6.07) is 7.82. The lowest BCUT2D eigenvalue weighted by molar-refractivity contribution is 0.251. The first-order valence-electron chi connectivity index (χ1n) is 5.92. The SMILES string of the molecule is CCc1ccccc1NC(=O)NCC1CC1. The average molecular weight is 218 g/mol. The summed E-state index contributed by atoms with van der Waals surface area (Å²) in [4.78, 5) is 11.6. The van der Waals surface area contributed by atoms with Gasteiger partial charge in [-0.15, -0.1) is 0 Å². The van der Waals surface area contributed by atoms with E-state index in [0.29, 0.717) is 5.92 Å². The predicted molar refractivity (Wildman–Crippen MR) is 65.6 cm³/mol. The van der Waals surface area contributed by atoms with Crippen molar-refractivity contribution in [1.82, 2.24) is 5.32 Å². The molecular weight excluding hydrogens is 200 g/mol. The van der Waals surface area contributed by atoms with E-state index >= 15 is 0 Å². The van der Waals surface area contributed by atoms with Gasteiger partial charge in [0.05, 0.1) is 0 Å². The second-order valence-corrected chi connectivity index (χ2v) is 4.29. The van der Waals surface area contributed by atoms with Crippen LogP contribution in [0.1, 0.15) is 25.3 Å². The van der Waals surface area contributed by atoms with E-state index in [1.54, 1.807) is 0 Å². The van der Waals surface area contributed by atoms with Gasteiger partial charge in [-0.05, 0) is 36.8 Å². The van der Waals surface area contributed by atoms with E-state index in [0.717, 1.165) is 18.7 Å². The van der Waals surface area contributed by atoms with Crippen molar-refractivity contribution in [2.75, 3.05) is 11.9 Å². The Morgan fingerprint density at radius 3 is 2.81 bits per heavy atom. The topological polar surface area (TPSA) is 41.1 Å². The van der Waals surface area contributed by atoms with E-state index in [2.05, 4.69) is 17.6 Å². The van der Waals surface area contributed by atoms with Crippen LogP contribution in [-0.2, 0) is 6.42 Å². The van der Waals surface area contributed by atoms with Gasteiger partial charge in [-0.25, -0.2) is 4.79 Å². The molecular formula is C13H18N2O. The van der Waals surface area contributed by atoms with Gasteiger partial charge in [-0.2, -0.15) is 0 Å². The van der Waals surface area contributed by atoms with Gasteiger partial charge >= 0.3 is 6.03 Å². The molecule has 0 atom stereocenters. The number of aryl methyl sites for hydroxylation is 1. The summed E-state index contributed by atoms with van der Waals surface area (Å²) in [5, 5.41) is 5.79.